The second-order valence-corrected chi connectivity index (χ2v) is 7.02. The molecule has 0 aliphatic carbocycles. The van der Waals surface area contributed by atoms with Crippen molar-refractivity contribution in [3.05, 3.63) is 56.8 Å². The summed E-state index contributed by atoms with van der Waals surface area (Å²) < 4.78 is 7.26. The van der Waals surface area contributed by atoms with Crippen LogP contribution in [0, 0.1) is 0 Å². The van der Waals surface area contributed by atoms with E-state index in [1.807, 2.05) is 30.3 Å². The Morgan fingerprint density at radius 2 is 1.71 bits per heavy atom. The van der Waals surface area contributed by atoms with Crippen LogP contribution in [0.1, 0.15) is 0 Å². The topological polar surface area (TPSA) is 22.1 Å². The van der Waals surface area contributed by atoms with E-state index in [2.05, 4.69) is 49.4 Å². The predicted molar refractivity (Wildman–Crippen MR) is 94.9 cm³/mol. The molecule has 0 saturated carbocycles. The molecule has 106 valence electrons. The molecule has 0 amide bonds. The highest BCUT2D eigenvalue weighted by Crippen LogP contribution is 2.34. The fourth-order valence-electron chi connectivity index (χ4n) is 1.96. The number of nitrogens with zero attached hydrogens (tertiary/aromatic N) is 1. The number of rotatable bonds is 3. The molecular weight excluding hydrogens is 414 g/mol. The van der Waals surface area contributed by atoms with Crippen LogP contribution in [0.5, 0.6) is 5.75 Å². The van der Waals surface area contributed by atoms with Crippen LogP contribution in [0.15, 0.2) is 56.8 Å². The molecule has 1 aromatic heterocycles. The van der Waals surface area contributed by atoms with Gasteiger partial charge in [-0.2, -0.15) is 0 Å². The second kappa shape index (κ2) is 6.30. The number of hydrogen-bond acceptors (Lipinski definition) is 3. The maximum Gasteiger partial charge on any atom is 0.133 e. The molecular formula is C16H11Br2NOS. The molecule has 3 aromatic rings. The van der Waals surface area contributed by atoms with Gasteiger partial charge in [0.1, 0.15) is 10.8 Å². The van der Waals surface area contributed by atoms with Crippen molar-refractivity contribution in [2.45, 2.75) is 0 Å². The number of halogens is 2. The van der Waals surface area contributed by atoms with Gasteiger partial charge in [0.2, 0.25) is 0 Å². The van der Waals surface area contributed by atoms with E-state index in [0.717, 1.165) is 36.5 Å². The van der Waals surface area contributed by atoms with Gasteiger partial charge in [0.05, 0.1) is 17.3 Å². The standard InChI is InChI=1S/C16H11Br2NOS/c1-20-15-7-4-11(8-13(15)18)16-19-14(9-21-16)10-2-5-12(17)6-3-10/h2-9H,1H3. The molecule has 3 rings (SSSR count). The molecule has 0 aliphatic rings. The van der Waals surface area contributed by atoms with Crippen LogP contribution in [0.3, 0.4) is 0 Å². The Kier molecular flexibility index (Phi) is 4.42. The largest absolute Gasteiger partial charge is 0.496 e. The van der Waals surface area contributed by atoms with Crippen LogP contribution < -0.4 is 4.74 Å². The van der Waals surface area contributed by atoms with Gasteiger partial charge >= 0.3 is 0 Å². The smallest absolute Gasteiger partial charge is 0.133 e. The van der Waals surface area contributed by atoms with Crippen LogP contribution in [0.25, 0.3) is 21.8 Å². The van der Waals surface area contributed by atoms with E-state index in [1.165, 1.54) is 0 Å². The zero-order chi connectivity index (χ0) is 14.8. The van der Waals surface area contributed by atoms with Gasteiger partial charge in [-0.25, -0.2) is 4.98 Å². The molecule has 5 heteroatoms. The molecule has 21 heavy (non-hydrogen) atoms. The quantitative estimate of drug-likeness (QED) is 0.513. The lowest BCUT2D eigenvalue weighted by atomic mass is 10.2. The Hall–Kier alpha value is -1.17. The van der Waals surface area contributed by atoms with Gasteiger partial charge in [-0.3, -0.25) is 0 Å². The minimum atomic E-state index is 0.823. The fraction of sp³-hybridized carbons (Fsp3) is 0.0625. The van der Waals surface area contributed by atoms with E-state index in [0.29, 0.717) is 0 Å². The van der Waals surface area contributed by atoms with E-state index >= 15 is 0 Å². The summed E-state index contributed by atoms with van der Waals surface area (Å²) in [6.45, 7) is 0. The molecule has 2 aromatic carbocycles. The lowest BCUT2D eigenvalue weighted by Gasteiger charge is -2.04. The second-order valence-electron chi connectivity index (χ2n) is 4.39. The Morgan fingerprint density at radius 1 is 1.00 bits per heavy atom. The third-order valence-electron chi connectivity index (χ3n) is 3.04. The van der Waals surface area contributed by atoms with Gasteiger partial charge in [0.15, 0.2) is 0 Å². The molecule has 1 heterocycles. The van der Waals surface area contributed by atoms with E-state index in [-0.39, 0.29) is 0 Å². The van der Waals surface area contributed by atoms with Crippen LogP contribution >= 0.6 is 43.2 Å². The first-order chi connectivity index (χ1) is 10.2. The number of methoxy groups -OCH3 is 1. The van der Waals surface area contributed by atoms with Gasteiger partial charge in [0.25, 0.3) is 0 Å². The highest BCUT2D eigenvalue weighted by molar-refractivity contribution is 9.10. The van der Waals surface area contributed by atoms with Gasteiger partial charge in [0, 0.05) is 21.0 Å². The van der Waals surface area contributed by atoms with Crippen LogP contribution in [-0.4, -0.2) is 12.1 Å². The van der Waals surface area contributed by atoms with Gasteiger partial charge in [-0.05, 0) is 46.3 Å². The Morgan fingerprint density at radius 3 is 2.38 bits per heavy atom. The van der Waals surface area contributed by atoms with Gasteiger partial charge in [-0.1, -0.05) is 28.1 Å². The molecule has 0 spiro atoms. The normalized spacial score (nSPS) is 10.6. The molecule has 2 nitrogen and oxygen atoms in total. The van der Waals surface area contributed by atoms with E-state index in [1.54, 1.807) is 18.4 Å². The van der Waals surface area contributed by atoms with Crippen molar-refractivity contribution in [2.24, 2.45) is 0 Å². The minimum absolute atomic E-state index is 0.823. The summed E-state index contributed by atoms with van der Waals surface area (Å²) in [6, 6.07) is 14.2. The lowest BCUT2D eigenvalue weighted by Crippen LogP contribution is -1.85. The van der Waals surface area contributed by atoms with E-state index in [9.17, 15) is 0 Å². The van der Waals surface area contributed by atoms with Crippen LogP contribution in [0.4, 0.5) is 0 Å². The summed E-state index contributed by atoms with van der Waals surface area (Å²) in [5, 5.41) is 3.08. The third-order valence-corrected chi connectivity index (χ3v) is 5.08. The molecule has 0 radical (unpaired) electrons. The molecule has 0 saturated heterocycles. The van der Waals surface area contributed by atoms with E-state index < -0.39 is 0 Å². The maximum atomic E-state index is 5.25. The highest BCUT2D eigenvalue weighted by Gasteiger charge is 2.09. The van der Waals surface area contributed by atoms with Crippen LogP contribution in [-0.2, 0) is 0 Å². The van der Waals surface area contributed by atoms with Crippen molar-refractivity contribution in [3.8, 4) is 27.6 Å². The monoisotopic (exact) mass is 423 g/mol. The summed E-state index contributed by atoms with van der Waals surface area (Å²) in [7, 11) is 1.66. The zero-order valence-electron chi connectivity index (χ0n) is 11.1. The van der Waals surface area contributed by atoms with Crippen molar-refractivity contribution >= 4 is 43.2 Å². The number of thiazole rings is 1. The first-order valence-electron chi connectivity index (χ1n) is 6.23. The molecule has 0 bridgehead atoms. The predicted octanol–water partition coefficient (Wildman–Crippen LogP) is 6.01. The number of benzene rings is 2. The Labute approximate surface area is 144 Å². The summed E-state index contributed by atoms with van der Waals surface area (Å²) in [4.78, 5) is 4.72. The first-order valence-corrected chi connectivity index (χ1v) is 8.69. The summed E-state index contributed by atoms with van der Waals surface area (Å²) in [5.74, 6) is 0.823. The average Bonchev–Trinajstić information content (AvgIpc) is 2.98. The first kappa shape index (κ1) is 14.8. The number of aromatic nitrogens is 1. The van der Waals surface area contributed by atoms with Gasteiger partial charge < -0.3 is 4.74 Å². The molecule has 0 unspecified atom stereocenters. The minimum Gasteiger partial charge on any atom is -0.496 e. The molecule has 0 N–H and O–H groups in total. The number of ether oxygens (including phenoxy) is 1. The molecule has 0 atom stereocenters. The van der Waals surface area contributed by atoms with Crippen molar-refractivity contribution in [1.82, 2.24) is 4.98 Å². The summed E-state index contributed by atoms with van der Waals surface area (Å²) >= 11 is 8.60. The summed E-state index contributed by atoms with van der Waals surface area (Å²) in [6.07, 6.45) is 0. The third kappa shape index (κ3) is 3.20. The Balaban J connectivity index is 1.94. The van der Waals surface area contributed by atoms with Crippen LogP contribution in [0.2, 0.25) is 0 Å². The van der Waals surface area contributed by atoms with Gasteiger partial charge in [-0.15, -0.1) is 11.3 Å². The van der Waals surface area contributed by atoms with Crippen molar-refractivity contribution in [1.29, 1.82) is 0 Å². The Bertz CT molecular complexity index is 768. The average molecular weight is 425 g/mol. The highest BCUT2D eigenvalue weighted by atomic mass is 79.9. The van der Waals surface area contributed by atoms with Crippen molar-refractivity contribution in [3.63, 3.8) is 0 Å². The maximum absolute atomic E-state index is 5.25. The van der Waals surface area contributed by atoms with E-state index in [4.69, 9.17) is 9.72 Å². The zero-order valence-corrected chi connectivity index (χ0v) is 15.1. The van der Waals surface area contributed by atoms with Crippen molar-refractivity contribution in [2.75, 3.05) is 7.11 Å². The SMILES string of the molecule is COc1ccc(-c2nc(-c3ccc(Br)cc3)cs2)cc1Br. The molecule has 0 aliphatic heterocycles. The molecule has 0 fully saturated rings. The fourth-order valence-corrected chi connectivity index (χ4v) is 3.59. The lowest BCUT2D eigenvalue weighted by molar-refractivity contribution is 0.412. The van der Waals surface area contributed by atoms with Crippen molar-refractivity contribution < 1.29 is 4.74 Å². The summed E-state index contributed by atoms with van der Waals surface area (Å²) in [5.41, 5.74) is 3.19. The number of hydrogen-bond donors (Lipinski definition) is 0.